The van der Waals surface area contributed by atoms with Crippen LogP contribution in [-0.2, 0) is 19.9 Å². The predicted octanol–water partition coefficient (Wildman–Crippen LogP) is 2.01. The van der Waals surface area contributed by atoms with Crippen molar-refractivity contribution in [3.63, 3.8) is 0 Å². The van der Waals surface area contributed by atoms with Crippen LogP contribution in [0.4, 0.5) is 0 Å². The Morgan fingerprint density at radius 2 is 2.08 bits per heavy atom. The highest BCUT2D eigenvalue weighted by Gasteiger charge is 2.41. The second-order valence-corrected chi connectivity index (χ2v) is 10.5. The number of aromatic carboxylic acids is 1. The van der Waals surface area contributed by atoms with Crippen LogP contribution in [0.15, 0.2) is 23.1 Å². The van der Waals surface area contributed by atoms with E-state index in [1.165, 1.54) is 16.4 Å². The van der Waals surface area contributed by atoms with Crippen LogP contribution in [0.5, 0.6) is 0 Å². The van der Waals surface area contributed by atoms with Crippen LogP contribution < -0.4 is 0 Å². The summed E-state index contributed by atoms with van der Waals surface area (Å²) in [4.78, 5) is 10.8. The van der Waals surface area contributed by atoms with Crippen LogP contribution in [0.1, 0.15) is 37.0 Å². The van der Waals surface area contributed by atoms with Crippen LogP contribution in [0, 0.1) is 0 Å². The summed E-state index contributed by atoms with van der Waals surface area (Å²) in [6, 6.07) is 2.32. The van der Waals surface area contributed by atoms with Crippen LogP contribution in [0.2, 0.25) is 5.02 Å². The molecule has 0 radical (unpaired) electrons. The maximum atomic E-state index is 13.2. The highest BCUT2D eigenvalue weighted by atomic mass is 35.5. The zero-order chi connectivity index (χ0) is 19.0. The number of rotatable bonds is 6. The van der Waals surface area contributed by atoms with Gasteiger partial charge in [0, 0.05) is 12.1 Å². The fraction of sp³-hybridized carbons (Fsp3) is 0.533. The molecule has 25 heavy (non-hydrogen) atoms. The summed E-state index contributed by atoms with van der Waals surface area (Å²) in [6.45, 7) is 3.49. The monoisotopic (exact) mass is 409 g/mol. The molecule has 1 aliphatic heterocycles. The predicted molar refractivity (Wildman–Crippen MR) is 94.2 cm³/mol. The van der Waals surface area contributed by atoms with Crippen molar-refractivity contribution in [2.45, 2.75) is 43.7 Å². The first-order valence-electron chi connectivity index (χ1n) is 7.76. The summed E-state index contributed by atoms with van der Waals surface area (Å²) >= 11 is 6.02. The van der Waals surface area contributed by atoms with E-state index in [1.807, 2.05) is 0 Å². The molecule has 0 aromatic heterocycles. The summed E-state index contributed by atoms with van der Waals surface area (Å²) < 4.78 is 51.1. The number of carbonyl (C=O) groups is 1. The molecule has 10 heteroatoms. The normalized spacial score (nSPS) is 21.4. The van der Waals surface area contributed by atoms with Gasteiger partial charge in [-0.05, 0) is 38.0 Å². The molecule has 2 atom stereocenters. The molecule has 0 aliphatic carbocycles. The number of hydrogen-bond donors (Lipinski definition) is 1. The Kier molecular flexibility index (Phi) is 5.82. The standard InChI is InChI=1S/C15H20ClNO6S2/c1-3-10(2)17(12-6-7-24(20,21)9-12)25(22,23)14-8-11(15(18)19)4-5-13(14)16/h4-5,8,10,12H,3,6-7,9H2,1-2H3,(H,18,19)/t10-,12-/m0/s1. The van der Waals surface area contributed by atoms with E-state index in [-0.39, 0.29) is 33.4 Å². The lowest BCUT2D eigenvalue weighted by Crippen LogP contribution is -2.46. The maximum absolute atomic E-state index is 13.2. The largest absolute Gasteiger partial charge is 0.478 e. The lowest BCUT2D eigenvalue weighted by molar-refractivity contribution is 0.0696. The molecular weight excluding hydrogens is 390 g/mol. The summed E-state index contributed by atoms with van der Waals surface area (Å²) in [5.41, 5.74) is -0.203. The molecule has 7 nitrogen and oxygen atoms in total. The van der Waals surface area contributed by atoms with Gasteiger partial charge in [-0.3, -0.25) is 0 Å². The number of nitrogens with zero attached hydrogens (tertiary/aromatic N) is 1. The van der Waals surface area contributed by atoms with Crippen molar-refractivity contribution in [2.75, 3.05) is 11.5 Å². The van der Waals surface area contributed by atoms with Gasteiger partial charge < -0.3 is 5.11 Å². The van der Waals surface area contributed by atoms with E-state index in [0.29, 0.717) is 6.42 Å². The lowest BCUT2D eigenvalue weighted by Gasteiger charge is -2.32. The fourth-order valence-corrected chi connectivity index (χ4v) is 7.13. The molecule has 1 aromatic carbocycles. The van der Waals surface area contributed by atoms with E-state index >= 15 is 0 Å². The zero-order valence-electron chi connectivity index (χ0n) is 13.8. The minimum Gasteiger partial charge on any atom is -0.478 e. The van der Waals surface area contributed by atoms with E-state index in [4.69, 9.17) is 16.7 Å². The van der Waals surface area contributed by atoms with Crippen molar-refractivity contribution in [2.24, 2.45) is 0 Å². The van der Waals surface area contributed by atoms with Gasteiger partial charge in [-0.25, -0.2) is 21.6 Å². The summed E-state index contributed by atoms with van der Waals surface area (Å²) in [5.74, 6) is -1.58. The van der Waals surface area contributed by atoms with E-state index in [2.05, 4.69) is 0 Å². The summed E-state index contributed by atoms with van der Waals surface area (Å²) in [6.07, 6.45) is 0.689. The SMILES string of the molecule is CC[C@H](C)N([C@H]1CCS(=O)(=O)C1)S(=O)(=O)c1cc(C(=O)O)ccc1Cl. The van der Waals surface area contributed by atoms with Crippen molar-refractivity contribution in [1.82, 2.24) is 4.31 Å². The number of sulfonamides is 1. The first kappa shape index (κ1) is 20.2. The van der Waals surface area contributed by atoms with E-state index in [1.54, 1.807) is 13.8 Å². The van der Waals surface area contributed by atoms with E-state index in [9.17, 15) is 21.6 Å². The van der Waals surface area contributed by atoms with Crippen molar-refractivity contribution < 1.29 is 26.7 Å². The molecule has 0 saturated carbocycles. The average Bonchev–Trinajstić information content (AvgIpc) is 2.86. The third-order valence-corrected chi connectivity index (χ3v) is 8.63. The first-order valence-corrected chi connectivity index (χ1v) is 11.4. The van der Waals surface area contributed by atoms with E-state index < -0.39 is 37.9 Å². The molecule has 0 amide bonds. The number of benzene rings is 1. The Balaban J connectivity index is 2.56. The molecule has 1 heterocycles. The molecule has 1 saturated heterocycles. The van der Waals surface area contributed by atoms with Gasteiger partial charge in [0.15, 0.2) is 9.84 Å². The molecule has 140 valence electrons. The van der Waals surface area contributed by atoms with Crippen molar-refractivity contribution >= 4 is 37.4 Å². The smallest absolute Gasteiger partial charge is 0.335 e. The highest BCUT2D eigenvalue weighted by Crippen LogP contribution is 2.32. The van der Waals surface area contributed by atoms with Crippen molar-refractivity contribution in [1.29, 1.82) is 0 Å². The van der Waals surface area contributed by atoms with Gasteiger partial charge in [0.1, 0.15) is 4.90 Å². The second-order valence-electron chi connectivity index (χ2n) is 6.10. The molecule has 0 bridgehead atoms. The Morgan fingerprint density at radius 3 is 2.56 bits per heavy atom. The van der Waals surface area contributed by atoms with Gasteiger partial charge in [0.2, 0.25) is 10.0 Å². The number of carboxylic acids is 1. The van der Waals surface area contributed by atoms with Gasteiger partial charge in [0.25, 0.3) is 0 Å². The highest BCUT2D eigenvalue weighted by molar-refractivity contribution is 7.92. The molecular formula is C15H20ClNO6S2. The summed E-state index contributed by atoms with van der Waals surface area (Å²) in [7, 11) is -7.45. The molecule has 1 fully saturated rings. The van der Waals surface area contributed by atoms with Gasteiger partial charge in [-0.2, -0.15) is 4.31 Å². The minimum absolute atomic E-state index is 0.0664. The van der Waals surface area contributed by atoms with E-state index in [0.717, 1.165) is 6.07 Å². The number of halogens is 1. The third-order valence-electron chi connectivity index (χ3n) is 4.33. The third kappa shape index (κ3) is 4.16. The Labute approximate surface area is 152 Å². The number of sulfone groups is 1. The van der Waals surface area contributed by atoms with Crippen LogP contribution >= 0.6 is 11.6 Å². The quantitative estimate of drug-likeness (QED) is 0.769. The van der Waals surface area contributed by atoms with Crippen molar-refractivity contribution in [3.05, 3.63) is 28.8 Å². The topological polar surface area (TPSA) is 109 Å². The fourth-order valence-electron chi connectivity index (χ4n) is 2.90. The molecule has 0 spiro atoms. The van der Waals surface area contributed by atoms with Crippen LogP contribution in [-0.4, -0.2) is 55.8 Å². The number of carboxylic acid groups (broad SMARTS) is 1. The maximum Gasteiger partial charge on any atom is 0.335 e. The first-order chi connectivity index (χ1) is 11.5. The molecule has 0 unspecified atom stereocenters. The van der Waals surface area contributed by atoms with Gasteiger partial charge in [0.05, 0.1) is 22.1 Å². The second kappa shape index (κ2) is 7.22. The lowest BCUT2D eigenvalue weighted by atomic mass is 10.2. The molecule has 1 aromatic rings. The molecule has 1 N–H and O–H groups in total. The van der Waals surface area contributed by atoms with Crippen LogP contribution in [0.3, 0.4) is 0 Å². The van der Waals surface area contributed by atoms with Gasteiger partial charge in [-0.15, -0.1) is 0 Å². The van der Waals surface area contributed by atoms with Crippen LogP contribution in [0.25, 0.3) is 0 Å². The van der Waals surface area contributed by atoms with Gasteiger partial charge >= 0.3 is 5.97 Å². The Morgan fingerprint density at radius 1 is 1.44 bits per heavy atom. The summed E-state index contributed by atoms with van der Waals surface area (Å²) in [5, 5.41) is 9.01. The average molecular weight is 410 g/mol. The molecule has 1 aliphatic rings. The van der Waals surface area contributed by atoms with Crippen molar-refractivity contribution in [3.8, 4) is 0 Å². The number of hydrogen-bond acceptors (Lipinski definition) is 5. The minimum atomic E-state index is -4.16. The Hall–Kier alpha value is -1.16. The van der Waals surface area contributed by atoms with Gasteiger partial charge in [-0.1, -0.05) is 18.5 Å². The zero-order valence-corrected chi connectivity index (χ0v) is 16.2. The molecule has 2 rings (SSSR count). The Bertz CT molecular complexity index is 881.